The van der Waals surface area contributed by atoms with Gasteiger partial charge < -0.3 is 5.32 Å². The van der Waals surface area contributed by atoms with Gasteiger partial charge in [-0.3, -0.25) is 10.2 Å². The molecular formula is C10H19N3O. The van der Waals surface area contributed by atoms with Gasteiger partial charge in [-0.1, -0.05) is 0 Å². The highest BCUT2D eigenvalue weighted by atomic mass is 16.2. The van der Waals surface area contributed by atoms with E-state index in [9.17, 15) is 4.79 Å². The van der Waals surface area contributed by atoms with E-state index in [0.717, 1.165) is 32.4 Å². The zero-order valence-corrected chi connectivity index (χ0v) is 8.59. The van der Waals surface area contributed by atoms with Crippen molar-refractivity contribution >= 4 is 5.91 Å². The first kappa shape index (κ1) is 9.93. The number of hydrogen-bond acceptors (Lipinski definition) is 3. The van der Waals surface area contributed by atoms with Crippen LogP contribution in [0.1, 0.15) is 38.5 Å². The minimum Gasteiger partial charge on any atom is -0.300 e. The molecule has 1 amide bonds. The molecular weight excluding hydrogens is 178 g/mol. The Bertz CT molecular complexity index is 202. The molecule has 0 bridgehead atoms. The largest absolute Gasteiger partial charge is 0.300 e. The maximum Gasteiger partial charge on any atom is 0.234 e. The molecule has 2 N–H and O–H groups in total. The molecule has 80 valence electrons. The molecule has 2 aliphatic heterocycles. The lowest BCUT2D eigenvalue weighted by molar-refractivity contribution is -0.126. The van der Waals surface area contributed by atoms with Crippen molar-refractivity contribution in [3.63, 3.8) is 0 Å². The average molecular weight is 197 g/mol. The second-order valence-corrected chi connectivity index (χ2v) is 4.15. The van der Waals surface area contributed by atoms with Crippen LogP contribution in [-0.2, 0) is 4.79 Å². The highest BCUT2D eigenvalue weighted by Crippen LogP contribution is 2.13. The molecule has 2 fully saturated rings. The van der Waals surface area contributed by atoms with E-state index < -0.39 is 0 Å². The summed E-state index contributed by atoms with van der Waals surface area (Å²) in [6.07, 6.45) is 6.88. The quantitative estimate of drug-likeness (QED) is 0.647. The number of nitrogens with zero attached hydrogens (tertiary/aromatic N) is 1. The first-order valence-corrected chi connectivity index (χ1v) is 5.66. The number of hydrogen-bond donors (Lipinski definition) is 2. The highest BCUT2D eigenvalue weighted by molar-refractivity contribution is 5.75. The summed E-state index contributed by atoms with van der Waals surface area (Å²) in [5, 5.41) is 5.54. The third-order valence-corrected chi connectivity index (χ3v) is 2.98. The Morgan fingerprint density at radius 1 is 1.21 bits per heavy atom. The van der Waals surface area contributed by atoms with E-state index in [4.69, 9.17) is 0 Å². The van der Waals surface area contributed by atoms with Gasteiger partial charge in [-0.25, -0.2) is 5.01 Å². The lowest BCUT2D eigenvalue weighted by atomic mass is 10.1. The van der Waals surface area contributed by atoms with E-state index in [-0.39, 0.29) is 5.91 Å². The maximum atomic E-state index is 11.4. The number of hydrazine groups is 1. The fourth-order valence-electron chi connectivity index (χ4n) is 2.17. The molecule has 14 heavy (non-hydrogen) atoms. The lowest BCUT2D eigenvalue weighted by Gasteiger charge is -2.33. The SMILES string of the molecule is O=C1CCCCN(C2CCCCN2)N1. The molecule has 2 rings (SSSR count). The zero-order valence-electron chi connectivity index (χ0n) is 8.59. The minimum absolute atomic E-state index is 0.176. The summed E-state index contributed by atoms with van der Waals surface area (Å²) in [6.45, 7) is 2.07. The second kappa shape index (κ2) is 4.75. The van der Waals surface area contributed by atoms with Gasteiger partial charge in [0.05, 0.1) is 6.17 Å². The molecule has 0 saturated carbocycles. The Morgan fingerprint density at radius 2 is 2.14 bits per heavy atom. The molecule has 2 heterocycles. The summed E-state index contributed by atoms with van der Waals surface area (Å²) in [6, 6.07) is 0. The molecule has 0 aromatic carbocycles. The van der Waals surface area contributed by atoms with Crippen molar-refractivity contribution < 1.29 is 4.79 Å². The van der Waals surface area contributed by atoms with Crippen LogP contribution < -0.4 is 10.7 Å². The van der Waals surface area contributed by atoms with E-state index in [1.54, 1.807) is 0 Å². The van der Waals surface area contributed by atoms with Crippen LogP contribution in [0.25, 0.3) is 0 Å². The predicted molar refractivity (Wildman–Crippen MR) is 54.3 cm³/mol. The van der Waals surface area contributed by atoms with Crippen LogP contribution in [0.15, 0.2) is 0 Å². The van der Waals surface area contributed by atoms with Crippen LogP contribution in [-0.4, -0.2) is 30.2 Å². The molecule has 2 saturated heterocycles. The summed E-state index contributed by atoms with van der Waals surface area (Å²) in [5.41, 5.74) is 2.98. The number of carbonyl (C=O) groups excluding carboxylic acids is 1. The van der Waals surface area contributed by atoms with Crippen LogP contribution >= 0.6 is 0 Å². The monoisotopic (exact) mass is 197 g/mol. The first-order chi connectivity index (χ1) is 6.86. The Labute approximate surface area is 85.0 Å². The Kier molecular flexibility index (Phi) is 3.37. The lowest BCUT2D eigenvalue weighted by Crippen LogP contribution is -2.55. The predicted octanol–water partition coefficient (Wildman–Crippen LogP) is 0.603. The van der Waals surface area contributed by atoms with E-state index in [2.05, 4.69) is 15.8 Å². The van der Waals surface area contributed by atoms with Crippen LogP contribution in [0.4, 0.5) is 0 Å². The maximum absolute atomic E-state index is 11.4. The number of rotatable bonds is 1. The van der Waals surface area contributed by atoms with E-state index in [0.29, 0.717) is 12.6 Å². The standard InChI is InChI=1S/C10H19N3O/c14-10-6-2-4-8-13(12-10)9-5-1-3-7-11-9/h9,11H,1-8H2,(H,12,14). The fraction of sp³-hybridized carbons (Fsp3) is 0.900. The molecule has 2 aliphatic rings. The summed E-state index contributed by atoms with van der Waals surface area (Å²) < 4.78 is 0. The van der Waals surface area contributed by atoms with Crippen molar-refractivity contribution in [2.24, 2.45) is 0 Å². The number of carbonyl (C=O) groups is 1. The van der Waals surface area contributed by atoms with Crippen molar-refractivity contribution in [2.75, 3.05) is 13.1 Å². The van der Waals surface area contributed by atoms with Crippen LogP contribution in [0.3, 0.4) is 0 Å². The number of nitrogens with one attached hydrogen (secondary N) is 2. The van der Waals surface area contributed by atoms with Gasteiger partial charge in [0, 0.05) is 13.0 Å². The molecule has 0 spiro atoms. The molecule has 0 aromatic heterocycles. The van der Waals surface area contributed by atoms with Gasteiger partial charge in [-0.15, -0.1) is 0 Å². The minimum atomic E-state index is 0.176. The first-order valence-electron chi connectivity index (χ1n) is 5.66. The molecule has 0 radical (unpaired) electrons. The summed E-state index contributed by atoms with van der Waals surface area (Å²) in [4.78, 5) is 11.4. The molecule has 0 aliphatic carbocycles. The third kappa shape index (κ3) is 2.45. The molecule has 4 heteroatoms. The summed E-state index contributed by atoms with van der Waals surface area (Å²) in [7, 11) is 0. The summed E-state index contributed by atoms with van der Waals surface area (Å²) in [5.74, 6) is 0.176. The Balaban J connectivity index is 1.90. The van der Waals surface area contributed by atoms with Gasteiger partial charge in [-0.2, -0.15) is 0 Å². The van der Waals surface area contributed by atoms with Gasteiger partial charge in [-0.05, 0) is 38.6 Å². The van der Waals surface area contributed by atoms with Gasteiger partial charge in [0.15, 0.2) is 0 Å². The van der Waals surface area contributed by atoms with Crippen LogP contribution in [0, 0.1) is 0 Å². The number of amides is 1. The van der Waals surface area contributed by atoms with Gasteiger partial charge in [0.25, 0.3) is 0 Å². The van der Waals surface area contributed by atoms with E-state index in [1.807, 2.05) is 0 Å². The van der Waals surface area contributed by atoms with Crippen molar-refractivity contribution in [2.45, 2.75) is 44.7 Å². The van der Waals surface area contributed by atoms with Gasteiger partial charge in [0.2, 0.25) is 5.91 Å². The van der Waals surface area contributed by atoms with E-state index in [1.165, 1.54) is 12.8 Å². The Hall–Kier alpha value is -0.610. The second-order valence-electron chi connectivity index (χ2n) is 4.15. The van der Waals surface area contributed by atoms with Crippen molar-refractivity contribution in [1.82, 2.24) is 15.8 Å². The normalized spacial score (nSPS) is 30.9. The Morgan fingerprint density at radius 3 is 2.93 bits per heavy atom. The molecule has 1 unspecified atom stereocenters. The fourth-order valence-corrected chi connectivity index (χ4v) is 2.17. The average Bonchev–Trinajstić information content (AvgIpc) is 2.44. The van der Waals surface area contributed by atoms with Gasteiger partial charge in [0.1, 0.15) is 0 Å². The summed E-state index contributed by atoms with van der Waals surface area (Å²) >= 11 is 0. The van der Waals surface area contributed by atoms with Crippen LogP contribution in [0.5, 0.6) is 0 Å². The van der Waals surface area contributed by atoms with Crippen molar-refractivity contribution in [1.29, 1.82) is 0 Å². The van der Waals surface area contributed by atoms with Crippen LogP contribution in [0.2, 0.25) is 0 Å². The smallest absolute Gasteiger partial charge is 0.234 e. The van der Waals surface area contributed by atoms with Gasteiger partial charge >= 0.3 is 0 Å². The molecule has 1 atom stereocenters. The third-order valence-electron chi connectivity index (χ3n) is 2.98. The van der Waals surface area contributed by atoms with Crippen molar-refractivity contribution in [3.8, 4) is 0 Å². The van der Waals surface area contributed by atoms with E-state index >= 15 is 0 Å². The molecule has 0 aromatic rings. The highest BCUT2D eigenvalue weighted by Gasteiger charge is 2.23. The topological polar surface area (TPSA) is 44.4 Å². The number of piperidine rings is 1. The molecule has 4 nitrogen and oxygen atoms in total. The zero-order chi connectivity index (χ0) is 9.80. The van der Waals surface area contributed by atoms with Crippen molar-refractivity contribution in [3.05, 3.63) is 0 Å².